The number of para-hydroxylation sites is 1. The van der Waals surface area contributed by atoms with Crippen molar-refractivity contribution in [2.45, 2.75) is 25.9 Å². The van der Waals surface area contributed by atoms with Gasteiger partial charge in [-0.1, -0.05) is 18.2 Å². The van der Waals surface area contributed by atoms with Gasteiger partial charge in [-0.15, -0.1) is 0 Å². The number of benzene rings is 1. The van der Waals surface area contributed by atoms with E-state index in [2.05, 4.69) is 29.6 Å². The number of hydrazine groups is 1. The van der Waals surface area contributed by atoms with Crippen LogP contribution in [0.25, 0.3) is 10.9 Å². The number of nitrogens with one attached hydrogen (secondary N) is 1. The van der Waals surface area contributed by atoms with Crippen LogP contribution in [0.3, 0.4) is 0 Å². The number of aryl methyl sites for hydroxylation is 1. The molecule has 1 aromatic carbocycles. The summed E-state index contributed by atoms with van der Waals surface area (Å²) in [6.45, 7) is 2.94. The first-order chi connectivity index (χ1) is 9.83. The van der Waals surface area contributed by atoms with Crippen molar-refractivity contribution in [1.82, 2.24) is 15.2 Å². The zero-order valence-corrected chi connectivity index (χ0v) is 11.4. The van der Waals surface area contributed by atoms with Crippen molar-refractivity contribution >= 4 is 10.9 Å². The smallest absolute Gasteiger partial charge is 0.122 e. The van der Waals surface area contributed by atoms with E-state index >= 15 is 0 Å². The van der Waals surface area contributed by atoms with E-state index in [1.165, 1.54) is 5.39 Å². The summed E-state index contributed by atoms with van der Waals surface area (Å²) in [5, 5.41) is 5.85. The van der Waals surface area contributed by atoms with Gasteiger partial charge in [0.05, 0.1) is 23.5 Å². The van der Waals surface area contributed by atoms with E-state index in [4.69, 9.17) is 10.3 Å². The fourth-order valence-electron chi connectivity index (χ4n) is 2.51. The lowest BCUT2D eigenvalue weighted by atomic mass is 10.1. The third-order valence-corrected chi connectivity index (χ3v) is 3.52. The Bertz CT molecular complexity index is 687. The molecule has 104 valence electrons. The lowest BCUT2D eigenvalue weighted by molar-refractivity contribution is 0.413. The molecule has 20 heavy (non-hydrogen) atoms. The molecule has 0 spiro atoms. The number of hydrogen-bond donors (Lipinski definition) is 2. The van der Waals surface area contributed by atoms with Crippen LogP contribution in [0.2, 0.25) is 0 Å². The van der Waals surface area contributed by atoms with E-state index in [1.54, 1.807) is 6.26 Å². The van der Waals surface area contributed by atoms with E-state index in [0.29, 0.717) is 6.42 Å². The molecule has 0 radical (unpaired) electrons. The molecule has 3 aromatic rings. The summed E-state index contributed by atoms with van der Waals surface area (Å²) in [6, 6.07) is 12.0. The highest BCUT2D eigenvalue weighted by Crippen LogP contribution is 2.24. The summed E-state index contributed by atoms with van der Waals surface area (Å²) in [4.78, 5) is 0. The third kappa shape index (κ3) is 2.21. The molecule has 0 aliphatic rings. The first kappa shape index (κ1) is 12.9. The number of nitrogens with two attached hydrogens (primary N) is 1. The molecule has 0 aliphatic heterocycles. The standard InChI is InChI=1S/C15H18N4O/c1-2-19-14-7-4-3-6-11(14)12(18-19)10-13(17-16)15-8-5-9-20-15/h3-9,13,17H,2,10,16H2,1H3. The zero-order valence-electron chi connectivity index (χ0n) is 11.4. The van der Waals surface area contributed by atoms with Gasteiger partial charge in [-0.3, -0.25) is 10.5 Å². The second-order valence-electron chi connectivity index (χ2n) is 4.72. The van der Waals surface area contributed by atoms with E-state index in [9.17, 15) is 0 Å². The van der Waals surface area contributed by atoms with E-state index < -0.39 is 0 Å². The maximum Gasteiger partial charge on any atom is 0.122 e. The number of fused-ring (bicyclic) bond motifs is 1. The van der Waals surface area contributed by atoms with Crippen molar-refractivity contribution in [3.05, 3.63) is 54.1 Å². The molecular weight excluding hydrogens is 252 g/mol. The second kappa shape index (κ2) is 5.48. The van der Waals surface area contributed by atoms with Crippen LogP contribution < -0.4 is 11.3 Å². The maximum atomic E-state index is 5.65. The molecule has 1 unspecified atom stereocenters. The van der Waals surface area contributed by atoms with Crippen molar-refractivity contribution in [2.75, 3.05) is 0 Å². The minimum absolute atomic E-state index is 0.0754. The predicted molar refractivity (Wildman–Crippen MR) is 77.9 cm³/mol. The van der Waals surface area contributed by atoms with Gasteiger partial charge >= 0.3 is 0 Å². The van der Waals surface area contributed by atoms with E-state index in [1.807, 2.05) is 28.9 Å². The van der Waals surface area contributed by atoms with Crippen molar-refractivity contribution in [3.63, 3.8) is 0 Å². The number of furan rings is 1. The van der Waals surface area contributed by atoms with Gasteiger partial charge in [-0.2, -0.15) is 5.10 Å². The molecule has 2 aromatic heterocycles. The normalized spacial score (nSPS) is 12.9. The summed E-state index contributed by atoms with van der Waals surface area (Å²) < 4.78 is 7.44. The molecule has 0 aliphatic carbocycles. The molecule has 0 bridgehead atoms. The van der Waals surface area contributed by atoms with E-state index in [-0.39, 0.29) is 6.04 Å². The van der Waals surface area contributed by atoms with Crippen LogP contribution in [0, 0.1) is 0 Å². The largest absolute Gasteiger partial charge is 0.468 e. The molecule has 3 N–H and O–H groups in total. The lowest BCUT2D eigenvalue weighted by Crippen LogP contribution is -2.29. The highest BCUT2D eigenvalue weighted by atomic mass is 16.3. The Balaban J connectivity index is 1.98. The highest BCUT2D eigenvalue weighted by Gasteiger charge is 2.17. The Kier molecular flexibility index (Phi) is 3.54. The second-order valence-corrected chi connectivity index (χ2v) is 4.72. The Morgan fingerprint density at radius 1 is 1.30 bits per heavy atom. The molecule has 0 fully saturated rings. The van der Waals surface area contributed by atoms with Gasteiger partial charge in [-0.25, -0.2) is 5.43 Å². The lowest BCUT2D eigenvalue weighted by Gasteiger charge is -2.11. The topological polar surface area (TPSA) is 69.0 Å². The van der Waals surface area contributed by atoms with Crippen molar-refractivity contribution in [3.8, 4) is 0 Å². The van der Waals surface area contributed by atoms with Crippen LogP contribution in [0.4, 0.5) is 0 Å². The number of aromatic nitrogens is 2. The molecular formula is C15H18N4O. The van der Waals surface area contributed by atoms with Gasteiger partial charge in [0.25, 0.3) is 0 Å². The summed E-state index contributed by atoms with van der Waals surface area (Å²) in [5.74, 6) is 6.47. The molecule has 0 saturated heterocycles. The molecule has 0 saturated carbocycles. The molecule has 1 atom stereocenters. The minimum Gasteiger partial charge on any atom is -0.468 e. The fraction of sp³-hybridized carbons (Fsp3) is 0.267. The SMILES string of the molecule is CCn1nc(CC(NN)c2ccco2)c2ccccc21. The first-order valence-corrected chi connectivity index (χ1v) is 6.77. The molecule has 5 heteroatoms. The fourth-order valence-corrected chi connectivity index (χ4v) is 2.51. The minimum atomic E-state index is -0.0754. The Hall–Kier alpha value is -2.11. The zero-order chi connectivity index (χ0) is 13.9. The number of rotatable bonds is 5. The van der Waals surface area contributed by atoms with Crippen LogP contribution in [-0.2, 0) is 13.0 Å². The third-order valence-electron chi connectivity index (χ3n) is 3.52. The first-order valence-electron chi connectivity index (χ1n) is 6.77. The highest BCUT2D eigenvalue weighted by molar-refractivity contribution is 5.82. The molecule has 0 amide bonds. The average Bonchev–Trinajstić information content (AvgIpc) is 3.13. The van der Waals surface area contributed by atoms with Crippen LogP contribution in [-0.4, -0.2) is 9.78 Å². The Morgan fingerprint density at radius 3 is 2.85 bits per heavy atom. The average molecular weight is 270 g/mol. The summed E-state index contributed by atoms with van der Waals surface area (Å²) in [7, 11) is 0. The van der Waals surface area contributed by atoms with Gasteiger partial charge < -0.3 is 4.42 Å². The quantitative estimate of drug-likeness (QED) is 0.552. The van der Waals surface area contributed by atoms with Gasteiger partial charge in [0, 0.05) is 18.4 Å². The van der Waals surface area contributed by atoms with E-state index in [0.717, 1.165) is 23.5 Å². The Morgan fingerprint density at radius 2 is 2.15 bits per heavy atom. The maximum absolute atomic E-state index is 5.65. The van der Waals surface area contributed by atoms with Crippen molar-refractivity contribution in [2.24, 2.45) is 5.84 Å². The Labute approximate surface area is 117 Å². The van der Waals surface area contributed by atoms with Crippen molar-refractivity contribution < 1.29 is 4.42 Å². The van der Waals surface area contributed by atoms with Crippen LogP contribution in [0.15, 0.2) is 47.1 Å². The molecule has 3 rings (SSSR count). The van der Waals surface area contributed by atoms with Crippen LogP contribution >= 0.6 is 0 Å². The number of hydrogen-bond acceptors (Lipinski definition) is 4. The summed E-state index contributed by atoms with van der Waals surface area (Å²) in [5.41, 5.74) is 4.98. The molecule has 5 nitrogen and oxygen atoms in total. The van der Waals surface area contributed by atoms with Crippen LogP contribution in [0.1, 0.15) is 24.4 Å². The summed E-state index contributed by atoms with van der Waals surface area (Å²) in [6.07, 6.45) is 2.35. The van der Waals surface area contributed by atoms with Gasteiger partial charge in [0.15, 0.2) is 0 Å². The predicted octanol–water partition coefficient (Wildman–Crippen LogP) is 2.40. The van der Waals surface area contributed by atoms with Gasteiger partial charge in [-0.05, 0) is 25.1 Å². The monoisotopic (exact) mass is 270 g/mol. The van der Waals surface area contributed by atoms with Gasteiger partial charge in [0.2, 0.25) is 0 Å². The van der Waals surface area contributed by atoms with Crippen LogP contribution in [0.5, 0.6) is 0 Å². The summed E-state index contributed by atoms with van der Waals surface area (Å²) >= 11 is 0. The number of nitrogens with zero attached hydrogens (tertiary/aromatic N) is 2. The molecule has 2 heterocycles. The van der Waals surface area contributed by atoms with Gasteiger partial charge in [0.1, 0.15) is 5.76 Å². The van der Waals surface area contributed by atoms with Crippen molar-refractivity contribution in [1.29, 1.82) is 0 Å².